The van der Waals surface area contributed by atoms with Gasteiger partial charge < -0.3 is 15.0 Å². The Kier molecular flexibility index (Phi) is 10.3. The first-order valence-corrected chi connectivity index (χ1v) is 15.1. The Morgan fingerprint density at radius 2 is 1.76 bits per heavy atom. The first-order chi connectivity index (χ1) is 19.7. The molecule has 216 valence electrons. The Balaban J connectivity index is 1.59. The summed E-state index contributed by atoms with van der Waals surface area (Å²) in [6.45, 7) is 9.70. The van der Waals surface area contributed by atoms with Gasteiger partial charge in [-0.1, -0.05) is 75.7 Å². The molecule has 0 bridgehead atoms. The van der Waals surface area contributed by atoms with E-state index >= 15 is 0 Å². The minimum absolute atomic E-state index is 0.0585. The van der Waals surface area contributed by atoms with E-state index in [1.807, 2.05) is 24.3 Å². The molecular formula is C34H41N3O3S. The summed E-state index contributed by atoms with van der Waals surface area (Å²) in [5, 5.41) is 12.7. The SMILES string of the molecule is CCCc1nc2c(C)cc(CNC(=O)C(CS)CCC(C)C)cc2n1Cc1ccc(-c2ccccc2C(=O)O)cc1. The lowest BCUT2D eigenvalue weighted by atomic mass is 9.98. The van der Waals surface area contributed by atoms with Crippen LogP contribution in [0.4, 0.5) is 0 Å². The van der Waals surface area contributed by atoms with Crippen molar-refractivity contribution in [3.63, 3.8) is 0 Å². The molecule has 3 aromatic carbocycles. The number of hydrogen-bond acceptors (Lipinski definition) is 4. The maximum Gasteiger partial charge on any atom is 0.336 e. The van der Waals surface area contributed by atoms with Crippen molar-refractivity contribution in [3.8, 4) is 11.1 Å². The topological polar surface area (TPSA) is 84.2 Å². The Labute approximate surface area is 248 Å². The van der Waals surface area contributed by atoms with Gasteiger partial charge in [-0.3, -0.25) is 4.79 Å². The molecule has 0 aliphatic rings. The minimum Gasteiger partial charge on any atom is -0.478 e. The van der Waals surface area contributed by atoms with E-state index in [4.69, 9.17) is 4.98 Å². The lowest BCUT2D eigenvalue weighted by Gasteiger charge is -2.16. The molecule has 0 radical (unpaired) electrons. The van der Waals surface area contributed by atoms with Gasteiger partial charge in [-0.15, -0.1) is 0 Å². The molecular weight excluding hydrogens is 530 g/mol. The molecule has 1 unspecified atom stereocenters. The van der Waals surface area contributed by atoms with Crippen molar-refractivity contribution >= 4 is 35.5 Å². The van der Waals surface area contributed by atoms with Crippen molar-refractivity contribution < 1.29 is 14.7 Å². The first kappa shape index (κ1) is 30.4. The second-order valence-electron chi connectivity index (χ2n) is 11.3. The van der Waals surface area contributed by atoms with Crippen LogP contribution in [0.2, 0.25) is 0 Å². The van der Waals surface area contributed by atoms with Gasteiger partial charge in [0, 0.05) is 31.2 Å². The number of fused-ring (bicyclic) bond motifs is 1. The number of carbonyl (C=O) groups is 2. The fourth-order valence-electron chi connectivity index (χ4n) is 5.27. The standard InChI is InChI=1S/C34H41N3O3S/c1-5-8-31-36-32-23(4)17-25(19-35-33(38)27(21-41)14-11-22(2)3)18-30(32)37(31)20-24-12-15-26(16-13-24)28-9-6-7-10-29(28)34(39)40/h6-7,9-10,12-13,15-18,22,27,41H,5,8,11,14,19-21H2,1-4H3,(H,35,38)(H,39,40). The fraction of sp³-hybridized carbons (Fsp3) is 0.382. The molecule has 0 saturated heterocycles. The molecule has 2 N–H and O–H groups in total. The molecule has 0 saturated carbocycles. The Morgan fingerprint density at radius 3 is 2.41 bits per heavy atom. The predicted octanol–water partition coefficient (Wildman–Crippen LogP) is 7.31. The van der Waals surface area contributed by atoms with Gasteiger partial charge in [0.1, 0.15) is 5.82 Å². The van der Waals surface area contributed by atoms with Crippen molar-refractivity contribution in [2.24, 2.45) is 11.8 Å². The second kappa shape index (κ2) is 13.9. The molecule has 1 aromatic heterocycles. The van der Waals surface area contributed by atoms with E-state index in [1.165, 1.54) is 0 Å². The third-order valence-corrected chi connectivity index (χ3v) is 8.01. The Morgan fingerprint density at radius 1 is 1.02 bits per heavy atom. The highest BCUT2D eigenvalue weighted by atomic mass is 32.1. The minimum atomic E-state index is -0.933. The summed E-state index contributed by atoms with van der Waals surface area (Å²) >= 11 is 4.43. The predicted molar refractivity (Wildman–Crippen MR) is 170 cm³/mol. The van der Waals surface area contributed by atoms with Crippen molar-refractivity contribution in [2.45, 2.75) is 66.5 Å². The molecule has 0 aliphatic carbocycles. The molecule has 4 aromatic rings. The number of hydrogen-bond donors (Lipinski definition) is 3. The van der Waals surface area contributed by atoms with Gasteiger partial charge >= 0.3 is 5.97 Å². The molecule has 0 spiro atoms. The van der Waals surface area contributed by atoms with Gasteiger partial charge in [0.15, 0.2) is 0 Å². The number of rotatable bonds is 13. The maximum absolute atomic E-state index is 12.9. The summed E-state index contributed by atoms with van der Waals surface area (Å²) in [7, 11) is 0. The number of benzene rings is 3. The molecule has 0 aliphatic heterocycles. The van der Waals surface area contributed by atoms with Crippen LogP contribution < -0.4 is 5.32 Å². The number of carboxylic acid groups (broad SMARTS) is 1. The van der Waals surface area contributed by atoms with Crippen LogP contribution in [-0.2, 0) is 24.3 Å². The zero-order valence-electron chi connectivity index (χ0n) is 24.5. The summed E-state index contributed by atoms with van der Waals surface area (Å²) in [4.78, 5) is 29.6. The van der Waals surface area contributed by atoms with Crippen LogP contribution in [0.3, 0.4) is 0 Å². The van der Waals surface area contributed by atoms with Crippen molar-refractivity contribution in [3.05, 3.63) is 88.7 Å². The fourth-order valence-corrected chi connectivity index (χ4v) is 5.62. The van der Waals surface area contributed by atoms with Gasteiger partial charge in [-0.25, -0.2) is 9.78 Å². The highest BCUT2D eigenvalue weighted by Gasteiger charge is 2.18. The average Bonchev–Trinajstić information content (AvgIpc) is 3.30. The summed E-state index contributed by atoms with van der Waals surface area (Å²) in [5.41, 5.74) is 7.17. The third-order valence-electron chi connectivity index (χ3n) is 7.57. The summed E-state index contributed by atoms with van der Waals surface area (Å²) in [6, 6.07) is 19.4. The van der Waals surface area contributed by atoms with Gasteiger partial charge in [-0.05, 0) is 65.6 Å². The zero-order valence-corrected chi connectivity index (χ0v) is 25.4. The Hall–Kier alpha value is -3.58. The van der Waals surface area contributed by atoms with Gasteiger partial charge in [0.2, 0.25) is 5.91 Å². The zero-order chi connectivity index (χ0) is 29.5. The van der Waals surface area contributed by atoms with Crippen molar-refractivity contribution in [1.82, 2.24) is 14.9 Å². The number of aromatic carboxylic acids is 1. The number of carboxylic acids is 1. The van der Waals surface area contributed by atoms with Crippen molar-refractivity contribution in [1.29, 1.82) is 0 Å². The first-order valence-electron chi connectivity index (χ1n) is 14.5. The van der Waals surface area contributed by atoms with Crippen LogP contribution >= 0.6 is 12.6 Å². The molecule has 6 nitrogen and oxygen atoms in total. The number of thiol groups is 1. The number of nitrogens with one attached hydrogen (secondary N) is 1. The van der Waals surface area contributed by atoms with Crippen LogP contribution in [-0.4, -0.2) is 32.3 Å². The lowest BCUT2D eigenvalue weighted by molar-refractivity contribution is -0.124. The van der Waals surface area contributed by atoms with E-state index in [-0.39, 0.29) is 11.8 Å². The van der Waals surface area contributed by atoms with Crippen LogP contribution in [0.5, 0.6) is 0 Å². The van der Waals surface area contributed by atoms with Gasteiger partial charge in [0.05, 0.1) is 16.6 Å². The second-order valence-corrected chi connectivity index (χ2v) is 11.6. The van der Waals surface area contributed by atoms with Crippen LogP contribution in [0, 0.1) is 18.8 Å². The summed E-state index contributed by atoms with van der Waals surface area (Å²) in [5.74, 6) is 1.18. The third kappa shape index (κ3) is 7.39. The number of aromatic nitrogens is 2. The highest BCUT2D eigenvalue weighted by molar-refractivity contribution is 7.80. The van der Waals surface area contributed by atoms with Crippen molar-refractivity contribution in [2.75, 3.05) is 5.75 Å². The normalized spacial score (nSPS) is 12.1. The van der Waals surface area contributed by atoms with E-state index in [2.05, 4.69) is 74.5 Å². The highest BCUT2D eigenvalue weighted by Crippen LogP contribution is 2.27. The molecule has 4 rings (SSSR count). The average molecular weight is 572 g/mol. The van der Waals surface area contributed by atoms with Crippen LogP contribution in [0.1, 0.15) is 72.9 Å². The number of aryl methyl sites for hydroxylation is 2. The smallest absolute Gasteiger partial charge is 0.336 e. The molecule has 7 heteroatoms. The van der Waals surface area contributed by atoms with E-state index < -0.39 is 5.97 Å². The van der Waals surface area contributed by atoms with Crippen LogP contribution in [0.25, 0.3) is 22.2 Å². The summed E-state index contributed by atoms with van der Waals surface area (Å²) < 4.78 is 2.27. The van der Waals surface area contributed by atoms with E-state index in [0.29, 0.717) is 35.9 Å². The molecule has 1 amide bonds. The Bertz CT molecular complexity index is 1510. The van der Waals surface area contributed by atoms with Gasteiger partial charge in [-0.2, -0.15) is 12.6 Å². The van der Waals surface area contributed by atoms with Gasteiger partial charge in [0.25, 0.3) is 0 Å². The molecule has 1 heterocycles. The lowest BCUT2D eigenvalue weighted by Crippen LogP contribution is -2.31. The maximum atomic E-state index is 12.9. The number of amides is 1. The van der Waals surface area contributed by atoms with Crippen LogP contribution in [0.15, 0.2) is 60.7 Å². The molecule has 0 fully saturated rings. The molecule has 1 atom stereocenters. The monoisotopic (exact) mass is 571 g/mol. The van der Waals surface area contributed by atoms with E-state index in [0.717, 1.165) is 64.8 Å². The quantitative estimate of drug-likeness (QED) is 0.147. The largest absolute Gasteiger partial charge is 0.478 e. The number of imidazole rings is 1. The number of carbonyl (C=O) groups excluding carboxylic acids is 1. The van der Waals surface area contributed by atoms with E-state index in [1.54, 1.807) is 12.1 Å². The van der Waals surface area contributed by atoms with E-state index in [9.17, 15) is 14.7 Å². The summed E-state index contributed by atoms with van der Waals surface area (Å²) in [6.07, 6.45) is 3.70. The number of nitrogens with zero attached hydrogens (tertiary/aromatic N) is 2. The molecule has 41 heavy (non-hydrogen) atoms.